The van der Waals surface area contributed by atoms with Crippen LogP contribution in [0.15, 0.2) is 22.8 Å². The summed E-state index contributed by atoms with van der Waals surface area (Å²) in [5, 5.41) is 10.9. The first-order chi connectivity index (χ1) is 8.61. The third-order valence-electron chi connectivity index (χ3n) is 2.12. The molecule has 2 rings (SSSR count). The molecule has 0 saturated carbocycles. The number of hydrogen-bond acceptors (Lipinski definition) is 5. The van der Waals surface area contributed by atoms with Crippen LogP contribution in [0.1, 0.15) is 23.6 Å². The highest BCUT2D eigenvalue weighted by atomic mass is 79.9. The second-order valence-electron chi connectivity index (χ2n) is 3.36. The van der Waals surface area contributed by atoms with Gasteiger partial charge in [0.25, 0.3) is 5.19 Å². The molecule has 1 unspecified atom stereocenters. The van der Waals surface area contributed by atoms with E-state index in [1.807, 2.05) is 6.92 Å². The molecule has 0 saturated heterocycles. The van der Waals surface area contributed by atoms with Crippen LogP contribution in [0.2, 0.25) is 5.15 Å². The zero-order chi connectivity index (χ0) is 13.1. The summed E-state index contributed by atoms with van der Waals surface area (Å²) in [5.41, 5.74) is 0.512. The number of pyridine rings is 1. The van der Waals surface area contributed by atoms with Crippen molar-refractivity contribution in [2.45, 2.75) is 13.0 Å². The van der Waals surface area contributed by atoms with E-state index in [1.54, 1.807) is 18.2 Å². The zero-order valence-electron chi connectivity index (χ0n) is 9.43. The summed E-state index contributed by atoms with van der Waals surface area (Å²) in [4.78, 5) is 8.76. The summed E-state index contributed by atoms with van der Waals surface area (Å²) in [6.45, 7) is 2.37. The lowest BCUT2D eigenvalue weighted by atomic mass is 10.2. The van der Waals surface area contributed by atoms with Crippen LogP contribution in [0, 0.1) is 0 Å². The predicted molar refractivity (Wildman–Crippen MR) is 74.3 cm³/mol. The van der Waals surface area contributed by atoms with Crippen LogP contribution in [0.5, 0.6) is 5.19 Å². The van der Waals surface area contributed by atoms with Crippen LogP contribution in [0.25, 0.3) is 0 Å². The normalized spacial score (nSPS) is 12.4. The molecule has 0 amide bonds. The average molecular weight is 350 g/mol. The first-order valence-corrected chi connectivity index (χ1v) is 7.20. The number of thiazole rings is 1. The quantitative estimate of drug-likeness (QED) is 0.859. The van der Waals surface area contributed by atoms with Crippen molar-refractivity contribution in [2.75, 3.05) is 6.61 Å². The molecule has 0 bridgehead atoms. The van der Waals surface area contributed by atoms with Crippen molar-refractivity contribution in [1.29, 1.82) is 0 Å². The summed E-state index contributed by atoms with van der Waals surface area (Å²) < 4.78 is 5.92. The van der Waals surface area contributed by atoms with Gasteiger partial charge in [-0.3, -0.25) is 0 Å². The fourth-order valence-corrected chi connectivity index (χ4v) is 2.93. The highest BCUT2D eigenvalue weighted by molar-refractivity contribution is 9.10. The number of rotatable bonds is 4. The molecular formula is C11H10BrClN2O2S. The van der Waals surface area contributed by atoms with Gasteiger partial charge in [-0.15, -0.1) is 0 Å². The molecule has 0 aliphatic rings. The van der Waals surface area contributed by atoms with Gasteiger partial charge in [-0.25, -0.2) is 4.98 Å². The highest BCUT2D eigenvalue weighted by Gasteiger charge is 2.21. The van der Waals surface area contributed by atoms with Crippen LogP contribution in [0.3, 0.4) is 0 Å². The number of halogens is 2. The Morgan fingerprint density at radius 2 is 2.28 bits per heavy atom. The minimum atomic E-state index is -0.901. The fraction of sp³-hybridized carbons (Fsp3) is 0.273. The fourth-order valence-electron chi connectivity index (χ4n) is 1.36. The molecule has 4 nitrogen and oxygen atoms in total. The summed E-state index contributed by atoms with van der Waals surface area (Å²) in [5.74, 6) is 0. The van der Waals surface area contributed by atoms with Gasteiger partial charge in [-0.05, 0) is 35.0 Å². The molecule has 0 aliphatic carbocycles. The SMILES string of the molecule is CCOc1nc(Cl)c(C(O)c2cccc(Br)n2)s1. The topological polar surface area (TPSA) is 55.2 Å². The second-order valence-corrected chi connectivity index (χ2v) is 5.52. The van der Waals surface area contributed by atoms with Gasteiger partial charge in [0.1, 0.15) is 15.9 Å². The number of nitrogens with zero attached hydrogens (tertiary/aromatic N) is 2. The lowest BCUT2D eigenvalue weighted by Gasteiger charge is -2.07. The Morgan fingerprint density at radius 3 is 2.94 bits per heavy atom. The van der Waals surface area contributed by atoms with E-state index >= 15 is 0 Å². The summed E-state index contributed by atoms with van der Waals surface area (Å²) in [6, 6.07) is 5.32. The van der Waals surface area contributed by atoms with E-state index in [0.717, 1.165) is 0 Å². The maximum absolute atomic E-state index is 10.2. The number of aliphatic hydroxyl groups is 1. The minimum Gasteiger partial charge on any atom is -0.470 e. The van der Waals surface area contributed by atoms with E-state index in [-0.39, 0.29) is 5.15 Å². The van der Waals surface area contributed by atoms with Crippen molar-refractivity contribution in [3.63, 3.8) is 0 Å². The molecule has 0 aromatic carbocycles. The van der Waals surface area contributed by atoms with Crippen molar-refractivity contribution in [1.82, 2.24) is 9.97 Å². The Balaban J connectivity index is 2.30. The lowest BCUT2D eigenvalue weighted by Crippen LogP contribution is -2.00. The van der Waals surface area contributed by atoms with E-state index in [9.17, 15) is 5.11 Å². The second kappa shape index (κ2) is 5.97. The zero-order valence-corrected chi connectivity index (χ0v) is 12.6. The number of ether oxygens (including phenoxy) is 1. The molecule has 2 aromatic rings. The van der Waals surface area contributed by atoms with Crippen molar-refractivity contribution < 1.29 is 9.84 Å². The van der Waals surface area contributed by atoms with E-state index < -0.39 is 6.10 Å². The number of aliphatic hydroxyl groups excluding tert-OH is 1. The van der Waals surface area contributed by atoms with Gasteiger partial charge < -0.3 is 9.84 Å². The number of hydrogen-bond donors (Lipinski definition) is 1. The molecule has 2 heterocycles. The third kappa shape index (κ3) is 3.00. The Kier molecular flexibility index (Phi) is 4.55. The van der Waals surface area contributed by atoms with Crippen LogP contribution in [-0.2, 0) is 0 Å². The third-order valence-corrected chi connectivity index (χ3v) is 3.99. The van der Waals surface area contributed by atoms with E-state index in [1.165, 1.54) is 11.3 Å². The van der Waals surface area contributed by atoms with Crippen LogP contribution < -0.4 is 4.74 Å². The summed E-state index contributed by atoms with van der Waals surface area (Å²) >= 11 is 10.5. The first kappa shape index (κ1) is 13.7. The highest BCUT2D eigenvalue weighted by Crippen LogP contribution is 2.36. The lowest BCUT2D eigenvalue weighted by molar-refractivity contribution is 0.219. The van der Waals surface area contributed by atoms with Crippen molar-refractivity contribution in [2.24, 2.45) is 0 Å². The minimum absolute atomic E-state index is 0.248. The molecule has 18 heavy (non-hydrogen) atoms. The smallest absolute Gasteiger partial charge is 0.274 e. The van der Waals surface area contributed by atoms with Crippen molar-refractivity contribution in [3.8, 4) is 5.19 Å². The molecule has 1 N–H and O–H groups in total. The molecule has 7 heteroatoms. The predicted octanol–water partition coefficient (Wildman–Crippen LogP) is 3.43. The van der Waals surface area contributed by atoms with Crippen LogP contribution in [0.4, 0.5) is 0 Å². The van der Waals surface area contributed by atoms with E-state index in [2.05, 4.69) is 25.9 Å². The first-order valence-electron chi connectivity index (χ1n) is 5.21. The Bertz CT molecular complexity index is 550. The van der Waals surface area contributed by atoms with E-state index in [4.69, 9.17) is 16.3 Å². The molecule has 0 fully saturated rings. The molecule has 0 spiro atoms. The summed E-state index contributed by atoms with van der Waals surface area (Å²) in [6.07, 6.45) is -0.901. The molecule has 2 aromatic heterocycles. The number of aromatic nitrogens is 2. The average Bonchev–Trinajstić information content (AvgIpc) is 2.70. The summed E-state index contributed by atoms with van der Waals surface area (Å²) in [7, 11) is 0. The maximum atomic E-state index is 10.2. The molecular weight excluding hydrogens is 340 g/mol. The van der Waals surface area contributed by atoms with Gasteiger partial charge >= 0.3 is 0 Å². The largest absolute Gasteiger partial charge is 0.470 e. The Hall–Kier alpha value is -0.690. The monoisotopic (exact) mass is 348 g/mol. The maximum Gasteiger partial charge on any atom is 0.274 e. The Morgan fingerprint density at radius 1 is 1.50 bits per heavy atom. The van der Waals surface area contributed by atoms with Crippen LogP contribution in [-0.4, -0.2) is 21.7 Å². The standard InChI is InChI=1S/C11H10BrClN2O2S/c1-2-17-11-15-10(13)9(18-11)8(16)6-4-3-5-7(12)14-6/h3-5,8,16H,2H2,1H3. The Labute approximate surface area is 122 Å². The van der Waals surface area contributed by atoms with Gasteiger partial charge in [0, 0.05) is 0 Å². The van der Waals surface area contributed by atoms with Crippen molar-refractivity contribution >= 4 is 38.9 Å². The van der Waals surface area contributed by atoms with Gasteiger partial charge in [-0.1, -0.05) is 29.0 Å². The van der Waals surface area contributed by atoms with Gasteiger partial charge in [0.2, 0.25) is 0 Å². The molecule has 96 valence electrons. The molecule has 0 aliphatic heterocycles. The van der Waals surface area contributed by atoms with Gasteiger partial charge in [-0.2, -0.15) is 4.98 Å². The van der Waals surface area contributed by atoms with Crippen molar-refractivity contribution in [3.05, 3.63) is 38.5 Å². The molecule has 1 atom stereocenters. The van der Waals surface area contributed by atoms with E-state index in [0.29, 0.717) is 27.0 Å². The van der Waals surface area contributed by atoms with Crippen LogP contribution >= 0.6 is 38.9 Å². The van der Waals surface area contributed by atoms with Gasteiger partial charge in [0.05, 0.1) is 17.2 Å². The molecule has 0 radical (unpaired) electrons. The van der Waals surface area contributed by atoms with Gasteiger partial charge in [0.15, 0.2) is 0 Å².